The van der Waals surface area contributed by atoms with Crippen LogP contribution in [-0.4, -0.2) is 12.6 Å². The molecular formula is C18H21F2N3O. The number of halogens is 2. The van der Waals surface area contributed by atoms with E-state index in [0.29, 0.717) is 5.92 Å². The number of hydrogen-bond acceptors (Lipinski definition) is 2. The van der Waals surface area contributed by atoms with Crippen LogP contribution in [-0.2, 0) is 6.54 Å². The van der Waals surface area contributed by atoms with Crippen molar-refractivity contribution in [3.05, 3.63) is 59.7 Å². The number of nitrogens with zero attached hydrogens (tertiary/aromatic N) is 1. The SMILES string of the molecule is CC(C)c1cccc(NC(N)=NCc2cccc(OC(F)F)c2)c1. The molecule has 2 aromatic carbocycles. The monoisotopic (exact) mass is 333 g/mol. The first-order chi connectivity index (χ1) is 11.4. The molecule has 0 aromatic heterocycles. The summed E-state index contributed by atoms with van der Waals surface area (Å²) in [6, 6.07) is 14.3. The van der Waals surface area contributed by atoms with Crippen molar-refractivity contribution in [3.8, 4) is 5.75 Å². The number of alkyl halides is 2. The number of nitrogens with two attached hydrogens (primary N) is 1. The lowest BCUT2D eigenvalue weighted by atomic mass is 10.0. The van der Waals surface area contributed by atoms with Crippen LogP contribution >= 0.6 is 0 Å². The second-order valence-corrected chi connectivity index (χ2v) is 5.63. The van der Waals surface area contributed by atoms with Crippen LogP contribution in [0.1, 0.15) is 30.9 Å². The van der Waals surface area contributed by atoms with Crippen molar-refractivity contribution in [2.75, 3.05) is 5.32 Å². The predicted octanol–water partition coefficient (Wildman–Crippen LogP) is 4.34. The van der Waals surface area contributed by atoms with Gasteiger partial charge in [0.1, 0.15) is 5.75 Å². The molecule has 4 nitrogen and oxygen atoms in total. The summed E-state index contributed by atoms with van der Waals surface area (Å²) in [4.78, 5) is 4.22. The fraction of sp³-hybridized carbons (Fsp3) is 0.278. The Labute approximate surface area is 140 Å². The van der Waals surface area contributed by atoms with E-state index in [-0.39, 0.29) is 18.3 Å². The third kappa shape index (κ3) is 5.53. The molecule has 0 heterocycles. The van der Waals surface area contributed by atoms with Crippen molar-refractivity contribution in [1.29, 1.82) is 0 Å². The fourth-order valence-electron chi connectivity index (χ4n) is 2.16. The number of benzene rings is 2. The minimum atomic E-state index is -2.84. The molecule has 0 unspecified atom stereocenters. The van der Waals surface area contributed by atoms with Crippen LogP contribution in [0.2, 0.25) is 0 Å². The highest BCUT2D eigenvalue weighted by molar-refractivity contribution is 5.92. The van der Waals surface area contributed by atoms with Gasteiger partial charge in [-0.15, -0.1) is 0 Å². The summed E-state index contributed by atoms with van der Waals surface area (Å²) in [5, 5.41) is 3.03. The Hall–Kier alpha value is -2.63. The molecule has 6 heteroatoms. The maximum Gasteiger partial charge on any atom is 0.387 e. The molecule has 0 aliphatic heterocycles. The number of hydrogen-bond donors (Lipinski definition) is 2. The van der Waals surface area contributed by atoms with E-state index >= 15 is 0 Å². The highest BCUT2D eigenvalue weighted by Crippen LogP contribution is 2.19. The van der Waals surface area contributed by atoms with Gasteiger partial charge in [0.15, 0.2) is 5.96 Å². The third-order valence-corrected chi connectivity index (χ3v) is 3.38. The fourth-order valence-corrected chi connectivity index (χ4v) is 2.16. The van der Waals surface area contributed by atoms with E-state index in [0.717, 1.165) is 11.3 Å². The number of anilines is 1. The van der Waals surface area contributed by atoms with Crippen molar-refractivity contribution in [2.24, 2.45) is 10.7 Å². The molecule has 2 rings (SSSR count). The van der Waals surface area contributed by atoms with Crippen molar-refractivity contribution in [2.45, 2.75) is 32.9 Å². The van der Waals surface area contributed by atoms with Gasteiger partial charge in [-0.25, -0.2) is 4.99 Å². The normalized spacial score (nSPS) is 11.8. The summed E-state index contributed by atoms with van der Waals surface area (Å²) in [5.41, 5.74) is 8.67. The molecule has 0 aliphatic carbocycles. The zero-order valence-electron chi connectivity index (χ0n) is 13.7. The first kappa shape index (κ1) is 17.7. The summed E-state index contributed by atoms with van der Waals surface area (Å²) in [7, 11) is 0. The molecule has 0 amide bonds. The highest BCUT2D eigenvalue weighted by atomic mass is 19.3. The van der Waals surface area contributed by atoms with Gasteiger partial charge >= 0.3 is 6.61 Å². The van der Waals surface area contributed by atoms with E-state index < -0.39 is 6.61 Å². The van der Waals surface area contributed by atoms with Crippen LogP contribution in [0.25, 0.3) is 0 Å². The van der Waals surface area contributed by atoms with Crippen LogP contribution < -0.4 is 15.8 Å². The molecule has 0 aliphatic rings. The average molecular weight is 333 g/mol. The van der Waals surface area contributed by atoms with Crippen molar-refractivity contribution in [3.63, 3.8) is 0 Å². The van der Waals surface area contributed by atoms with Gasteiger partial charge in [-0.1, -0.05) is 38.1 Å². The minimum absolute atomic E-state index is 0.105. The Kier molecular flexibility index (Phi) is 6.12. The van der Waals surface area contributed by atoms with E-state index in [1.807, 2.05) is 18.2 Å². The molecule has 0 fully saturated rings. The molecule has 0 bridgehead atoms. The highest BCUT2D eigenvalue weighted by Gasteiger charge is 2.05. The van der Waals surface area contributed by atoms with Crippen molar-refractivity contribution >= 4 is 11.6 Å². The summed E-state index contributed by atoms with van der Waals surface area (Å²) < 4.78 is 28.8. The van der Waals surface area contributed by atoms with E-state index in [2.05, 4.69) is 35.0 Å². The third-order valence-electron chi connectivity index (χ3n) is 3.38. The number of ether oxygens (including phenoxy) is 1. The van der Waals surface area contributed by atoms with Crippen molar-refractivity contribution < 1.29 is 13.5 Å². The summed E-state index contributed by atoms with van der Waals surface area (Å²) in [5.74, 6) is 0.785. The summed E-state index contributed by atoms with van der Waals surface area (Å²) in [6.45, 7) is 1.66. The van der Waals surface area contributed by atoms with Crippen molar-refractivity contribution in [1.82, 2.24) is 0 Å². The van der Waals surface area contributed by atoms with Gasteiger partial charge in [0.2, 0.25) is 0 Å². The number of guanidine groups is 1. The Balaban J connectivity index is 2.00. The second-order valence-electron chi connectivity index (χ2n) is 5.63. The zero-order valence-corrected chi connectivity index (χ0v) is 13.7. The number of aliphatic imine (C=N–C) groups is 1. The molecule has 0 spiro atoms. The van der Waals surface area contributed by atoms with Crippen LogP contribution in [0.4, 0.5) is 14.5 Å². The first-order valence-electron chi connectivity index (χ1n) is 7.64. The maximum atomic E-state index is 12.2. The smallest absolute Gasteiger partial charge is 0.387 e. The quantitative estimate of drug-likeness (QED) is 0.611. The average Bonchev–Trinajstić information content (AvgIpc) is 2.53. The Bertz CT molecular complexity index is 702. The van der Waals surface area contributed by atoms with Gasteiger partial charge in [-0.2, -0.15) is 8.78 Å². The molecular weight excluding hydrogens is 312 g/mol. The molecule has 3 N–H and O–H groups in total. The van der Waals surface area contributed by atoms with Gasteiger partial charge in [0.05, 0.1) is 6.54 Å². The molecule has 0 saturated carbocycles. The molecule has 24 heavy (non-hydrogen) atoms. The van der Waals surface area contributed by atoms with Crippen LogP contribution in [0.5, 0.6) is 5.75 Å². The molecule has 0 radical (unpaired) electrons. The largest absolute Gasteiger partial charge is 0.435 e. The van der Waals surface area contributed by atoms with E-state index in [4.69, 9.17) is 5.73 Å². The van der Waals surface area contributed by atoms with Gasteiger partial charge in [0.25, 0.3) is 0 Å². The van der Waals surface area contributed by atoms with Crippen LogP contribution in [0.3, 0.4) is 0 Å². The number of rotatable bonds is 6. The lowest BCUT2D eigenvalue weighted by Gasteiger charge is -2.10. The molecule has 128 valence electrons. The van der Waals surface area contributed by atoms with Gasteiger partial charge in [-0.3, -0.25) is 0 Å². The molecule has 0 saturated heterocycles. The summed E-state index contributed by atoms with van der Waals surface area (Å²) in [6.07, 6.45) is 0. The van der Waals surface area contributed by atoms with E-state index in [1.54, 1.807) is 12.1 Å². The Morgan fingerprint density at radius 1 is 1.17 bits per heavy atom. The van der Waals surface area contributed by atoms with Gasteiger partial charge < -0.3 is 15.8 Å². The molecule has 0 atom stereocenters. The lowest BCUT2D eigenvalue weighted by molar-refractivity contribution is -0.0498. The standard InChI is InChI=1S/C18H21F2N3O/c1-12(2)14-6-4-7-15(10-14)23-18(21)22-11-13-5-3-8-16(9-13)24-17(19)20/h3-10,12,17H,11H2,1-2H3,(H3,21,22,23). The molecule has 2 aromatic rings. The van der Waals surface area contributed by atoms with Gasteiger partial charge in [-0.05, 0) is 41.3 Å². The topological polar surface area (TPSA) is 59.6 Å². The Morgan fingerprint density at radius 3 is 2.62 bits per heavy atom. The summed E-state index contributed by atoms with van der Waals surface area (Å²) >= 11 is 0. The van der Waals surface area contributed by atoms with E-state index in [1.165, 1.54) is 17.7 Å². The lowest BCUT2D eigenvalue weighted by Crippen LogP contribution is -2.22. The Morgan fingerprint density at radius 2 is 1.92 bits per heavy atom. The van der Waals surface area contributed by atoms with E-state index in [9.17, 15) is 8.78 Å². The predicted molar refractivity (Wildman–Crippen MR) is 92.6 cm³/mol. The van der Waals surface area contributed by atoms with Crippen LogP contribution in [0, 0.1) is 0 Å². The number of nitrogens with one attached hydrogen (secondary N) is 1. The maximum absolute atomic E-state index is 12.2. The van der Waals surface area contributed by atoms with Crippen LogP contribution in [0.15, 0.2) is 53.5 Å². The minimum Gasteiger partial charge on any atom is -0.435 e. The first-order valence-corrected chi connectivity index (χ1v) is 7.64. The zero-order chi connectivity index (χ0) is 17.5. The van der Waals surface area contributed by atoms with Gasteiger partial charge in [0, 0.05) is 5.69 Å². The second kappa shape index (κ2) is 8.29.